The normalized spacial score (nSPS) is 26.4. The third kappa shape index (κ3) is 2.78. The van der Waals surface area contributed by atoms with E-state index in [1.807, 2.05) is 0 Å². The number of hydrogen-bond donors (Lipinski definition) is 1. The molecule has 2 rings (SSSR count). The summed E-state index contributed by atoms with van der Waals surface area (Å²) in [6.45, 7) is 2.14. The molecule has 2 aliphatic rings. The summed E-state index contributed by atoms with van der Waals surface area (Å²) < 4.78 is 0. The lowest BCUT2D eigenvalue weighted by atomic mass is 9.73. The van der Waals surface area contributed by atoms with Gasteiger partial charge in [0.05, 0.1) is 0 Å². The smallest absolute Gasteiger partial charge is 0.00924 e. The lowest BCUT2D eigenvalue weighted by Gasteiger charge is -2.41. The van der Waals surface area contributed by atoms with Gasteiger partial charge in [-0.05, 0) is 44.7 Å². The van der Waals surface area contributed by atoms with Crippen molar-refractivity contribution < 1.29 is 0 Å². The van der Waals surface area contributed by atoms with E-state index in [9.17, 15) is 0 Å². The standard InChI is InChI=1S/C14H28N2/c1-16(13-7-3-4-8-13)12-14(11-15)9-5-2-6-10-14/h13H,2-12,15H2,1H3. The monoisotopic (exact) mass is 224 g/mol. The van der Waals surface area contributed by atoms with Gasteiger partial charge in [-0.1, -0.05) is 32.1 Å². The highest BCUT2D eigenvalue weighted by Gasteiger charge is 2.33. The maximum atomic E-state index is 6.06. The molecule has 2 N–H and O–H groups in total. The van der Waals surface area contributed by atoms with Crippen molar-refractivity contribution in [2.24, 2.45) is 11.1 Å². The van der Waals surface area contributed by atoms with E-state index >= 15 is 0 Å². The van der Waals surface area contributed by atoms with Crippen LogP contribution in [0.5, 0.6) is 0 Å². The quantitative estimate of drug-likeness (QED) is 0.795. The summed E-state index contributed by atoms with van der Waals surface area (Å²) in [5.74, 6) is 0. The van der Waals surface area contributed by atoms with Crippen LogP contribution >= 0.6 is 0 Å². The molecule has 0 aromatic carbocycles. The fourth-order valence-electron chi connectivity index (χ4n) is 3.73. The molecule has 2 heteroatoms. The molecule has 0 heterocycles. The Morgan fingerprint density at radius 3 is 2.25 bits per heavy atom. The summed E-state index contributed by atoms with van der Waals surface area (Å²) in [6.07, 6.45) is 12.6. The number of nitrogens with zero attached hydrogens (tertiary/aromatic N) is 1. The van der Waals surface area contributed by atoms with Crippen molar-refractivity contribution in [2.75, 3.05) is 20.1 Å². The Morgan fingerprint density at radius 2 is 1.69 bits per heavy atom. The largest absolute Gasteiger partial charge is 0.330 e. The molecule has 0 atom stereocenters. The molecule has 94 valence electrons. The Bertz CT molecular complexity index is 203. The summed E-state index contributed by atoms with van der Waals surface area (Å²) >= 11 is 0. The molecule has 0 aromatic rings. The third-order valence-electron chi connectivity index (χ3n) is 4.88. The summed E-state index contributed by atoms with van der Waals surface area (Å²) in [7, 11) is 2.32. The molecule has 2 nitrogen and oxygen atoms in total. The zero-order valence-corrected chi connectivity index (χ0v) is 10.9. The van der Waals surface area contributed by atoms with Crippen LogP contribution < -0.4 is 5.73 Å². The lowest BCUT2D eigenvalue weighted by molar-refractivity contribution is 0.102. The Kier molecular flexibility index (Phi) is 4.26. The van der Waals surface area contributed by atoms with Crippen LogP contribution in [0, 0.1) is 5.41 Å². The number of hydrogen-bond acceptors (Lipinski definition) is 2. The van der Waals surface area contributed by atoms with Crippen LogP contribution in [0.25, 0.3) is 0 Å². The topological polar surface area (TPSA) is 29.3 Å². The highest BCUT2D eigenvalue weighted by Crippen LogP contribution is 2.37. The van der Waals surface area contributed by atoms with Crippen LogP contribution in [0.4, 0.5) is 0 Å². The van der Waals surface area contributed by atoms with Crippen molar-refractivity contribution in [3.05, 3.63) is 0 Å². The highest BCUT2D eigenvalue weighted by atomic mass is 15.1. The van der Waals surface area contributed by atoms with Gasteiger partial charge in [0.25, 0.3) is 0 Å². The summed E-state index contributed by atoms with van der Waals surface area (Å²) in [4.78, 5) is 2.62. The van der Waals surface area contributed by atoms with E-state index in [4.69, 9.17) is 5.73 Å². The second kappa shape index (κ2) is 5.50. The Balaban J connectivity index is 1.89. The summed E-state index contributed by atoms with van der Waals surface area (Å²) in [6, 6.07) is 0.852. The van der Waals surface area contributed by atoms with Gasteiger partial charge in [-0.2, -0.15) is 0 Å². The van der Waals surface area contributed by atoms with Gasteiger partial charge in [0.15, 0.2) is 0 Å². The van der Waals surface area contributed by atoms with E-state index in [-0.39, 0.29) is 0 Å². The van der Waals surface area contributed by atoms with Gasteiger partial charge in [-0.15, -0.1) is 0 Å². The molecular weight excluding hydrogens is 196 g/mol. The summed E-state index contributed by atoms with van der Waals surface area (Å²) in [5, 5.41) is 0. The molecule has 0 aromatic heterocycles. The molecule has 0 radical (unpaired) electrons. The van der Waals surface area contributed by atoms with E-state index in [2.05, 4.69) is 11.9 Å². The molecule has 0 bridgehead atoms. The first-order chi connectivity index (χ1) is 7.76. The molecule has 0 saturated heterocycles. The van der Waals surface area contributed by atoms with Crippen molar-refractivity contribution in [1.82, 2.24) is 4.90 Å². The molecular formula is C14H28N2. The first-order valence-electron chi connectivity index (χ1n) is 7.16. The number of nitrogens with two attached hydrogens (primary N) is 1. The van der Waals surface area contributed by atoms with E-state index in [0.717, 1.165) is 12.6 Å². The molecule has 2 fully saturated rings. The predicted octanol–water partition coefficient (Wildman–Crippen LogP) is 2.77. The lowest BCUT2D eigenvalue weighted by Crippen LogP contribution is -2.45. The zero-order valence-electron chi connectivity index (χ0n) is 10.9. The van der Waals surface area contributed by atoms with E-state index in [1.165, 1.54) is 64.3 Å². The third-order valence-corrected chi connectivity index (χ3v) is 4.88. The maximum absolute atomic E-state index is 6.06. The van der Waals surface area contributed by atoms with Crippen molar-refractivity contribution in [3.63, 3.8) is 0 Å². The summed E-state index contributed by atoms with van der Waals surface area (Å²) in [5.41, 5.74) is 6.51. The molecule has 0 unspecified atom stereocenters. The van der Waals surface area contributed by atoms with Gasteiger partial charge >= 0.3 is 0 Å². The van der Waals surface area contributed by atoms with Crippen molar-refractivity contribution in [2.45, 2.75) is 63.8 Å². The Labute approximate surface area is 101 Å². The van der Waals surface area contributed by atoms with E-state index in [1.54, 1.807) is 0 Å². The van der Waals surface area contributed by atoms with Gasteiger partial charge in [-0.25, -0.2) is 0 Å². The highest BCUT2D eigenvalue weighted by molar-refractivity contribution is 4.88. The Morgan fingerprint density at radius 1 is 1.06 bits per heavy atom. The number of rotatable bonds is 4. The molecule has 2 aliphatic carbocycles. The fourth-order valence-corrected chi connectivity index (χ4v) is 3.73. The first kappa shape index (κ1) is 12.4. The van der Waals surface area contributed by atoms with Crippen LogP contribution in [0.2, 0.25) is 0 Å². The minimum Gasteiger partial charge on any atom is -0.330 e. The van der Waals surface area contributed by atoms with Crippen LogP contribution in [0.15, 0.2) is 0 Å². The van der Waals surface area contributed by atoms with Crippen LogP contribution in [0.3, 0.4) is 0 Å². The average molecular weight is 224 g/mol. The van der Waals surface area contributed by atoms with Gasteiger partial charge in [0, 0.05) is 12.6 Å². The SMILES string of the molecule is CN(CC1(CN)CCCCC1)C1CCCC1. The minimum absolute atomic E-state index is 0.454. The van der Waals surface area contributed by atoms with Crippen LogP contribution in [-0.2, 0) is 0 Å². The second-order valence-corrected chi connectivity index (χ2v) is 6.12. The fraction of sp³-hybridized carbons (Fsp3) is 1.00. The molecule has 2 saturated carbocycles. The molecule has 0 spiro atoms. The second-order valence-electron chi connectivity index (χ2n) is 6.12. The van der Waals surface area contributed by atoms with Crippen LogP contribution in [0.1, 0.15) is 57.8 Å². The zero-order chi connectivity index (χ0) is 11.4. The molecule has 16 heavy (non-hydrogen) atoms. The minimum atomic E-state index is 0.454. The Hall–Kier alpha value is -0.0800. The van der Waals surface area contributed by atoms with Crippen LogP contribution in [-0.4, -0.2) is 31.1 Å². The first-order valence-corrected chi connectivity index (χ1v) is 7.16. The van der Waals surface area contributed by atoms with Crippen molar-refractivity contribution in [1.29, 1.82) is 0 Å². The van der Waals surface area contributed by atoms with Gasteiger partial charge in [0.1, 0.15) is 0 Å². The van der Waals surface area contributed by atoms with Crippen molar-refractivity contribution in [3.8, 4) is 0 Å². The van der Waals surface area contributed by atoms with Crippen molar-refractivity contribution >= 4 is 0 Å². The maximum Gasteiger partial charge on any atom is 0.00924 e. The van der Waals surface area contributed by atoms with Gasteiger partial charge in [-0.3, -0.25) is 0 Å². The average Bonchev–Trinajstić information content (AvgIpc) is 2.84. The molecule has 0 aliphatic heterocycles. The van der Waals surface area contributed by atoms with E-state index in [0.29, 0.717) is 5.41 Å². The molecule has 0 amide bonds. The van der Waals surface area contributed by atoms with Gasteiger partial charge < -0.3 is 10.6 Å². The van der Waals surface area contributed by atoms with E-state index < -0.39 is 0 Å². The predicted molar refractivity (Wildman–Crippen MR) is 69.5 cm³/mol. The van der Waals surface area contributed by atoms with Gasteiger partial charge in [0.2, 0.25) is 0 Å².